The third-order valence-corrected chi connectivity index (χ3v) is 7.10. The van der Waals surface area contributed by atoms with Crippen molar-refractivity contribution < 1.29 is 4.79 Å². The van der Waals surface area contributed by atoms with Gasteiger partial charge in [-0.2, -0.15) is 0 Å². The van der Waals surface area contributed by atoms with Gasteiger partial charge < -0.3 is 10.2 Å². The zero-order chi connectivity index (χ0) is 23.0. The summed E-state index contributed by atoms with van der Waals surface area (Å²) in [6, 6.07) is 27.8. The smallest absolute Gasteiger partial charge is 0.317 e. The molecule has 33 heavy (non-hydrogen) atoms. The van der Waals surface area contributed by atoms with Crippen LogP contribution in [0.4, 0.5) is 10.5 Å². The number of urea groups is 1. The number of para-hydroxylation sites is 1. The highest BCUT2D eigenvalue weighted by molar-refractivity contribution is 5.91. The molecule has 3 aromatic carbocycles. The number of amides is 2. The average molecular weight is 441 g/mol. The van der Waals surface area contributed by atoms with Gasteiger partial charge in [0.25, 0.3) is 0 Å². The van der Waals surface area contributed by atoms with Crippen LogP contribution in [0.3, 0.4) is 0 Å². The van der Waals surface area contributed by atoms with E-state index in [-0.39, 0.29) is 12.1 Å². The Balaban J connectivity index is 1.54. The number of hydrogen-bond acceptors (Lipinski definition) is 1. The molecule has 0 spiro atoms. The topological polar surface area (TPSA) is 32.3 Å². The van der Waals surface area contributed by atoms with E-state index in [4.69, 9.17) is 0 Å². The number of rotatable bonds is 7. The summed E-state index contributed by atoms with van der Waals surface area (Å²) < 4.78 is 0. The molecular weight excluding hydrogens is 404 g/mol. The molecule has 0 heterocycles. The Morgan fingerprint density at radius 1 is 0.788 bits per heavy atom. The number of carbonyl (C=O) groups is 1. The summed E-state index contributed by atoms with van der Waals surface area (Å²) in [5.74, 6) is 0.594. The Morgan fingerprint density at radius 2 is 1.36 bits per heavy atom. The van der Waals surface area contributed by atoms with Crippen LogP contribution in [0.25, 0.3) is 0 Å². The minimum atomic E-state index is 0.0256. The largest absolute Gasteiger partial charge is 0.322 e. The standard InChI is InChI=1S/C30H36N2O/c1-3-24-16-11-17-25(4-2)29(24)31-30(33)32(22-23-12-7-5-8-13-23)28-20-18-27(19-21-28)26-14-9-6-10-15-26/h5-17,27-28H,3-4,18-22H2,1-2H3,(H,31,33). The van der Waals surface area contributed by atoms with Gasteiger partial charge in [0.15, 0.2) is 0 Å². The average Bonchev–Trinajstić information content (AvgIpc) is 2.88. The third-order valence-electron chi connectivity index (χ3n) is 7.10. The third kappa shape index (κ3) is 5.65. The maximum atomic E-state index is 13.7. The van der Waals surface area contributed by atoms with Gasteiger partial charge in [-0.25, -0.2) is 4.79 Å². The molecule has 0 aromatic heterocycles. The molecule has 0 radical (unpaired) electrons. The monoisotopic (exact) mass is 440 g/mol. The van der Waals surface area contributed by atoms with E-state index in [1.807, 2.05) is 6.07 Å². The predicted octanol–water partition coefficient (Wildman–Crippen LogP) is 7.57. The number of nitrogens with one attached hydrogen (secondary N) is 1. The molecule has 4 rings (SSSR count). The highest BCUT2D eigenvalue weighted by Gasteiger charge is 2.30. The Labute approximate surface area is 198 Å². The van der Waals surface area contributed by atoms with E-state index in [1.54, 1.807) is 0 Å². The molecule has 3 nitrogen and oxygen atoms in total. The molecule has 0 atom stereocenters. The summed E-state index contributed by atoms with van der Waals surface area (Å²) in [7, 11) is 0. The van der Waals surface area contributed by atoms with Crippen LogP contribution in [0, 0.1) is 0 Å². The molecule has 1 aliphatic rings. The summed E-state index contributed by atoms with van der Waals surface area (Å²) in [4.78, 5) is 15.8. The molecule has 0 aliphatic heterocycles. The van der Waals surface area contributed by atoms with Crippen molar-refractivity contribution in [3.63, 3.8) is 0 Å². The van der Waals surface area contributed by atoms with E-state index in [0.29, 0.717) is 12.5 Å². The summed E-state index contributed by atoms with van der Waals surface area (Å²) in [5.41, 5.74) is 6.02. The van der Waals surface area contributed by atoms with Crippen molar-refractivity contribution in [3.8, 4) is 0 Å². The molecule has 3 heteroatoms. The molecule has 172 valence electrons. The maximum Gasteiger partial charge on any atom is 0.322 e. The van der Waals surface area contributed by atoms with Crippen LogP contribution in [-0.2, 0) is 19.4 Å². The van der Waals surface area contributed by atoms with Crippen LogP contribution in [0.1, 0.15) is 67.7 Å². The van der Waals surface area contributed by atoms with Crippen LogP contribution in [0.5, 0.6) is 0 Å². The molecule has 0 bridgehead atoms. The van der Waals surface area contributed by atoms with Crippen molar-refractivity contribution in [2.75, 3.05) is 5.32 Å². The second-order valence-electron chi connectivity index (χ2n) is 9.12. The molecular formula is C30H36N2O. The number of benzene rings is 3. The van der Waals surface area contributed by atoms with Crippen molar-refractivity contribution in [2.45, 2.75) is 70.9 Å². The molecule has 2 amide bonds. The van der Waals surface area contributed by atoms with Crippen LogP contribution in [0.2, 0.25) is 0 Å². The summed E-state index contributed by atoms with van der Waals surface area (Å²) in [6.07, 6.45) is 6.14. The number of hydrogen-bond donors (Lipinski definition) is 1. The van der Waals surface area contributed by atoms with E-state index >= 15 is 0 Å². The lowest BCUT2D eigenvalue weighted by Gasteiger charge is -2.37. The van der Waals surface area contributed by atoms with Gasteiger partial charge >= 0.3 is 6.03 Å². The van der Waals surface area contributed by atoms with E-state index in [9.17, 15) is 4.79 Å². The van der Waals surface area contributed by atoms with Crippen molar-refractivity contribution >= 4 is 11.7 Å². The first-order valence-electron chi connectivity index (χ1n) is 12.5. The highest BCUT2D eigenvalue weighted by atomic mass is 16.2. The summed E-state index contributed by atoms with van der Waals surface area (Å²) in [5, 5.41) is 3.33. The van der Waals surface area contributed by atoms with Crippen LogP contribution in [-0.4, -0.2) is 17.0 Å². The van der Waals surface area contributed by atoms with Gasteiger partial charge in [0.2, 0.25) is 0 Å². The van der Waals surface area contributed by atoms with Crippen molar-refractivity contribution in [3.05, 3.63) is 101 Å². The number of nitrogens with zero attached hydrogens (tertiary/aromatic N) is 1. The van der Waals surface area contributed by atoms with Gasteiger partial charge in [0, 0.05) is 18.3 Å². The molecule has 3 aromatic rings. The van der Waals surface area contributed by atoms with E-state index < -0.39 is 0 Å². The molecule has 1 aliphatic carbocycles. The fourth-order valence-electron chi connectivity index (χ4n) is 5.17. The minimum Gasteiger partial charge on any atom is -0.317 e. The van der Waals surface area contributed by atoms with Crippen molar-refractivity contribution in [1.29, 1.82) is 0 Å². The van der Waals surface area contributed by atoms with Gasteiger partial charge in [-0.3, -0.25) is 0 Å². The molecule has 0 unspecified atom stereocenters. The molecule has 1 N–H and O–H groups in total. The predicted molar refractivity (Wildman–Crippen MR) is 138 cm³/mol. The summed E-state index contributed by atoms with van der Waals surface area (Å²) in [6.45, 7) is 4.94. The molecule has 0 saturated heterocycles. The zero-order valence-corrected chi connectivity index (χ0v) is 20.0. The Morgan fingerprint density at radius 3 is 1.94 bits per heavy atom. The fraction of sp³-hybridized carbons (Fsp3) is 0.367. The normalized spacial score (nSPS) is 18.0. The van der Waals surface area contributed by atoms with Gasteiger partial charge in [0.1, 0.15) is 0 Å². The van der Waals surface area contributed by atoms with Gasteiger partial charge in [-0.15, -0.1) is 0 Å². The van der Waals surface area contributed by atoms with E-state index in [1.165, 1.54) is 22.3 Å². The van der Waals surface area contributed by atoms with Crippen LogP contribution in [0.15, 0.2) is 78.9 Å². The van der Waals surface area contributed by atoms with Gasteiger partial charge in [-0.1, -0.05) is 92.7 Å². The first-order chi connectivity index (χ1) is 16.2. The quantitative estimate of drug-likeness (QED) is 0.404. The Bertz CT molecular complexity index is 1000. The van der Waals surface area contributed by atoms with Crippen molar-refractivity contribution in [2.24, 2.45) is 0 Å². The van der Waals surface area contributed by atoms with Crippen LogP contribution >= 0.6 is 0 Å². The number of carbonyl (C=O) groups excluding carboxylic acids is 1. The fourth-order valence-corrected chi connectivity index (χ4v) is 5.17. The van der Waals surface area contributed by atoms with Gasteiger partial charge in [0.05, 0.1) is 0 Å². The SMILES string of the molecule is CCc1cccc(CC)c1NC(=O)N(Cc1ccccc1)C1CCC(c2ccccc2)CC1. The highest BCUT2D eigenvalue weighted by Crippen LogP contribution is 2.35. The Hall–Kier alpha value is -3.07. The first kappa shape index (κ1) is 23.1. The van der Waals surface area contributed by atoms with E-state index in [0.717, 1.165) is 44.2 Å². The molecule has 1 saturated carbocycles. The lowest BCUT2D eigenvalue weighted by molar-refractivity contribution is 0.158. The zero-order valence-electron chi connectivity index (χ0n) is 20.0. The number of anilines is 1. The summed E-state index contributed by atoms with van der Waals surface area (Å²) >= 11 is 0. The van der Waals surface area contributed by atoms with Crippen LogP contribution < -0.4 is 5.32 Å². The molecule has 1 fully saturated rings. The lowest BCUT2D eigenvalue weighted by atomic mass is 9.81. The first-order valence-corrected chi connectivity index (χ1v) is 12.5. The van der Waals surface area contributed by atoms with Gasteiger partial charge in [-0.05, 0) is 66.7 Å². The Kier molecular flexibility index (Phi) is 7.83. The van der Waals surface area contributed by atoms with E-state index in [2.05, 4.69) is 96.9 Å². The maximum absolute atomic E-state index is 13.7. The number of aryl methyl sites for hydroxylation is 2. The second-order valence-corrected chi connectivity index (χ2v) is 9.12. The minimum absolute atomic E-state index is 0.0256. The van der Waals surface area contributed by atoms with Crippen molar-refractivity contribution in [1.82, 2.24) is 4.90 Å². The second kappa shape index (κ2) is 11.2. The lowest BCUT2D eigenvalue weighted by Crippen LogP contribution is -2.44.